The molecule has 1 aliphatic heterocycles. The van der Waals surface area contributed by atoms with Crippen molar-refractivity contribution in [2.45, 2.75) is 19.5 Å². The summed E-state index contributed by atoms with van der Waals surface area (Å²) in [7, 11) is 0. The first-order chi connectivity index (χ1) is 10.8. The maximum absolute atomic E-state index is 5.40. The van der Waals surface area contributed by atoms with Crippen molar-refractivity contribution >= 4 is 0 Å². The van der Waals surface area contributed by atoms with Gasteiger partial charge in [0.25, 0.3) is 0 Å². The first kappa shape index (κ1) is 15.2. The van der Waals surface area contributed by atoms with E-state index in [1.165, 1.54) is 11.1 Å². The number of nitrogens with zero attached hydrogens (tertiary/aromatic N) is 2. The fourth-order valence-electron chi connectivity index (χ4n) is 2.86. The quantitative estimate of drug-likeness (QED) is 0.855. The van der Waals surface area contributed by atoms with Gasteiger partial charge in [-0.05, 0) is 12.5 Å². The lowest BCUT2D eigenvalue weighted by molar-refractivity contribution is 0.0203. The summed E-state index contributed by atoms with van der Waals surface area (Å²) in [4.78, 5) is 2.48. The number of aromatic amines is 1. The summed E-state index contributed by atoms with van der Waals surface area (Å²) < 4.78 is 5.40. The highest BCUT2D eigenvalue weighted by Gasteiger charge is 2.16. The molecule has 0 bridgehead atoms. The van der Waals surface area contributed by atoms with Crippen molar-refractivity contribution < 1.29 is 4.74 Å². The molecule has 1 aliphatic rings. The summed E-state index contributed by atoms with van der Waals surface area (Å²) in [6, 6.07) is 10.9. The van der Waals surface area contributed by atoms with Crippen LogP contribution in [0.2, 0.25) is 0 Å². The zero-order chi connectivity index (χ0) is 15.2. The normalized spacial score (nSPS) is 17.5. The Kier molecular flexibility index (Phi) is 5.21. The smallest absolute Gasteiger partial charge is 0.0695 e. The first-order valence-electron chi connectivity index (χ1n) is 7.95. The molecule has 1 fully saturated rings. The molecule has 0 amide bonds. The van der Waals surface area contributed by atoms with E-state index < -0.39 is 0 Å². The van der Waals surface area contributed by atoms with Gasteiger partial charge in [0, 0.05) is 37.8 Å². The summed E-state index contributed by atoms with van der Waals surface area (Å²) in [5.41, 5.74) is 3.49. The van der Waals surface area contributed by atoms with Crippen molar-refractivity contribution in [1.29, 1.82) is 0 Å². The summed E-state index contributed by atoms with van der Waals surface area (Å²) >= 11 is 0. The molecule has 5 nitrogen and oxygen atoms in total. The van der Waals surface area contributed by atoms with E-state index >= 15 is 0 Å². The van der Waals surface area contributed by atoms with Gasteiger partial charge in [-0.25, -0.2) is 0 Å². The van der Waals surface area contributed by atoms with Crippen molar-refractivity contribution in [3.63, 3.8) is 0 Å². The molecule has 2 aromatic rings. The molecule has 0 radical (unpaired) electrons. The Morgan fingerprint density at radius 2 is 2.05 bits per heavy atom. The zero-order valence-electron chi connectivity index (χ0n) is 13.1. The van der Waals surface area contributed by atoms with E-state index in [1.54, 1.807) is 0 Å². The Bertz CT molecular complexity index is 563. The van der Waals surface area contributed by atoms with E-state index in [4.69, 9.17) is 4.74 Å². The van der Waals surface area contributed by atoms with Crippen LogP contribution < -0.4 is 5.32 Å². The minimum absolute atomic E-state index is 0.524. The predicted octanol–water partition coefficient (Wildman–Crippen LogP) is 1.89. The lowest BCUT2D eigenvalue weighted by atomic mass is 10.1. The lowest BCUT2D eigenvalue weighted by Gasteiger charge is -2.32. The molecule has 118 valence electrons. The van der Waals surface area contributed by atoms with Gasteiger partial charge in [-0.1, -0.05) is 30.3 Å². The average molecular weight is 300 g/mol. The third-order valence-corrected chi connectivity index (χ3v) is 4.20. The fraction of sp³-hybridized carbons (Fsp3) is 0.471. The van der Waals surface area contributed by atoms with Crippen LogP contribution in [0.4, 0.5) is 0 Å². The Morgan fingerprint density at radius 3 is 2.82 bits per heavy atom. The van der Waals surface area contributed by atoms with Crippen molar-refractivity contribution in [3.05, 3.63) is 42.1 Å². The molecule has 1 saturated heterocycles. The number of morpholine rings is 1. The summed E-state index contributed by atoms with van der Waals surface area (Å²) in [5, 5.41) is 10.9. The highest BCUT2D eigenvalue weighted by atomic mass is 16.5. The number of benzene rings is 1. The number of hydrogen-bond donors (Lipinski definition) is 2. The maximum Gasteiger partial charge on any atom is 0.0695 e. The average Bonchev–Trinajstić information content (AvgIpc) is 3.05. The molecule has 0 saturated carbocycles. The molecule has 2 heterocycles. The maximum atomic E-state index is 5.40. The van der Waals surface area contributed by atoms with Crippen molar-refractivity contribution in [2.24, 2.45) is 0 Å². The van der Waals surface area contributed by atoms with Crippen molar-refractivity contribution in [2.75, 3.05) is 32.8 Å². The van der Waals surface area contributed by atoms with E-state index in [1.807, 2.05) is 24.4 Å². The predicted molar refractivity (Wildman–Crippen MR) is 87.6 cm³/mol. The SMILES string of the molecule is CC(CNCc1cn[nH]c1-c1ccccc1)N1CCOCC1. The second kappa shape index (κ2) is 7.54. The molecule has 1 aromatic heterocycles. The number of rotatable bonds is 6. The van der Waals surface area contributed by atoms with Gasteiger partial charge in [0.1, 0.15) is 0 Å². The second-order valence-electron chi connectivity index (χ2n) is 5.76. The van der Waals surface area contributed by atoms with Gasteiger partial charge in [0.15, 0.2) is 0 Å². The van der Waals surface area contributed by atoms with Crippen LogP contribution in [0.1, 0.15) is 12.5 Å². The third-order valence-electron chi connectivity index (χ3n) is 4.20. The standard InChI is InChI=1S/C17H24N4O/c1-14(21-7-9-22-10-8-21)11-18-12-16-13-19-20-17(16)15-5-3-2-4-6-15/h2-6,13-14,18H,7-12H2,1H3,(H,19,20). The van der Waals surface area contributed by atoms with Gasteiger partial charge in [-0.15, -0.1) is 0 Å². The van der Waals surface area contributed by atoms with Gasteiger partial charge in [-0.2, -0.15) is 5.10 Å². The van der Waals surface area contributed by atoms with Crippen LogP contribution in [0.5, 0.6) is 0 Å². The van der Waals surface area contributed by atoms with Crippen LogP contribution in [0, 0.1) is 0 Å². The molecular formula is C17H24N4O. The molecule has 5 heteroatoms. The van der Waals surface area contributed by atoms with E-state index in [0.29, 0.717) is 6.04 Å². The molecule has 1 unspecified atom stereocenters. The number of hydrogen-bond acceptors (Lipinski definition) is 4. The van der Waals surface area contributed by atoms with Crippen LogP contribution in [0.15, 0.2) is 36.5 Å². The minimum Gasteiger partial charge on any atom is -0.379 e. The number of nitrogens with one attached hydrogen (secondary N) is 2. The largest absolute Gasteiger partial charge is 0.379 e. The Morgan fingerprint density at radius 1 is 1.27 bits per heavy atom. The molecule has 2 N–H and O–H groups in total. The Hall–Kier alpha value is -1.69. The molecular weight excluding hydrogens is 276 g/mol. The van der Waals surface area contributed by atoms with Gasteiger partial charge >= 0.3 is 0 Å². The highest BCUT2D eigenvalue weighted by molar-refractivity contribution is 5.62. The zero-order valence-corrected chi connectivity index (χ0v) is 13.1. The Balaban J connectivity index is 1.53. The van der Waals surface area contributed by atoms with Crippen LogP contribution in [-0.4, -0.2) is 54.0 Å². The third kappa shape index (κ3) is 3.74. The van der Waals surface area contributed by atoms with Gasteiger partial charge < -0.3 is 10.1 Å². The molecule has 1 atom stereocenters. The second-order valence-corrected chi connectivity index (χ2v) is 5.76. The van der Waals surface area contributed by atoms with E-state index in [2.05, 4.69) is 39.5 Å². The lowest BCUT2D eigenvalue weighted by Crippen LogP contribution is -2.46. The van der Waals surface area contributed by atoms with Crippen LogP contribution in [0.25, 0.3) is 11.3 Å². The summed E-state index contributed by atoms with van der Waals surface area (Å²) in [6.07, 6.45) is 1.91. The van der Waals surface area contributed by atoms with E-state index in [-0.39, 0.29) is 0 Å². The van der Waals surface area contributed by atoms with Crippen LogP contribution in [0.3, 0.4) is 0 Å². The fourth-order valence-corrected chi connectivity index (χ4v) is 2.86. The minimum atomic E-state index is 0.524. The first-order valence-corrected chi connectivity index (χ1v) is 7.95. The van der Waals surface area contributed by atoms with Crippen molar-refractivity contribution in [3.8, 4) is 11.3 Å². The molecule has 3 rings (SSSR count). The van der Waals surface area contributed by atoms with Crippen molar-refractivity contribution in [1.82, 2.24) is 20.4 Å². The molecule has 0 spiro atoms. The molecule has 22 heavy (non-hydrogen) atoms. The van der Waals surface area contributed by atoms with Gasteiger partial charge in [0.2, 0.25) is 0 Å². The van der Waals surface area contributed by atoms with Gasteiger partial charge in [-0.3, -0.25) is 10.00 Å². The summed E-state index contributed by atoms with van der Waals surface area (Å²) in [6.45, 7) is 7.84. The van der Waals surface area contributed by atoms with E-state index in [9.17, 15) is 0 Å². The Labute approximate surface area is 131 Å². The number of aromatic nitrogens is 2. The number of ether oxygens (including phenoxy) is 1. The van der Waals surface area contributed by atoms with Gasteiger partial charge in [0.05, 0.1) is 25.1 Å². The van der Waals surface area contributed by atoms with Crippen LogP contribution >= 0.6 is 0 Å². The topological polar surface area (TPSA) is 53.2 Å². The van der Waals surface area contributed by atoms with E-state index in [0.717, 1.165) is 45.1 Å². The molecule has 0 aliphatic carbocycles. The molecule has 1 aromatic carbocycles. The number of H-pyrrole nitrogens is 1. The van der Waals surface area contributed by atoms with Crippen LogP contribution in [-0.2, 0) is 11.3 Å². The monoisotopic (exact) mass is 300 g/mol. The summed E-state index contributed by atoms with van der Waals surface area (Å²) in [5.74, 6) is 0. The highest BCUT2D eigenvalue weighted by Crippen LogP contribution is 2.20.